The van der Waals surface area contributed by atoms with Crippen molar-refractivity contribution < 1.29 is 4.42 Å². The van der Waals surface area contributed by atoms with E-state index < -0.39 is 0 Å². The summed E-state index contributed by atoms with van der Waals surface area (Å²) in [5, 5.41) is 0. The first-order chi connectivity index (χ1) is 7.74. The zero-order valence-corrected chi connectivity index (χ0v) is 9.98. The van der Waals surface area contributed by atoms with Crippen LogP contribution in [0.5, 0.6) is 0 Å². The number of hydrogen-bond acceptors (Lipinski definition) is 4. The van der Waals surface area contributed by atoms with Gasteiger partial charge in [0.1, 0.15) is 5.76 Å². The Balaban J connectivity index is 1.78. The van der Waals surface area contributed by atoms with Gasteiger partial charge in [-0.2, -0.15) is 0 Å². The molecule has 2 rings (SSSR count). The van der Waals surface area contributed by atoms with Crippen LogP contribution in [0.2, 0.25) is 0 Å². The van der Waals surface area contributed by atoms with Gasteiger partial charge in [0.2, 0.25) is 0 Å². The van der Waals surface area contributed by atoms with Crippen LogP contribution in [0, 0.1) is 0 Å². The molecule has 1 fully saturated rings. The minimum Gasteiger partial charge on any atom is -0.446 e. The third-order valence-corrected chi connectivity index (χ3v) is 2.97. The normalized spacial score (nSPS) is 19.1. The van der Waals surface area contributed by atoms with Crippen LogP contribution in [0.3, 0.4) is 0 Å². The maximum Gasteiger partial charge on any atom is 0.195 e. The van der Waals surface area contributed by atoms with Gasteiger partial charge in [-0.25, -0.2) is 4.98 Å². The Bertz CT molecular complexity index is 316. The summed E-state index contributed by atoms with van der Waals surface area (Å²) < 4.78 is 5.64. The Morgan fingerprint density at radius 2 is 2.25 bits per heavy atom. The highest BCUT2D eigenvalue weighted by molar-refractivity contribution is 4.96. The lowest BCUT2D eigenvalue weighted by atomic mass is 10.2. The minimum absolute atomic E-state index is 0.138. The standard InChI is InChI=1S/C12H21N3O/c1-10(13)8-11-9-14-12(16-11)4-7-15-5-2-3-6-15/h9-10H,2-8,13H2,1H3. The van der Waals surface area contributed by atoms with Crippen molar-refractivity contribution in [1.29, 1.82) is 0 Å². The molecular weight excluding hydrogens is 202 g/mol. The summed E-state index contributed by atoms with van der Waals surface area (Å²) in [6.45, 7) is 5.51. The molecule has 16 heavy (non-hydrogen) atoms. The molecule has 1 aliphatic heterocycles. The largest absolute Gasteiger partial charge is 0.446 e. The molecule has 4 heteroatoms. The lowest BCUT2D eigenvalue weighted by Crippen LogP contribution is -2.22. The maximum absolute atomic E-state index is 5.71. The van der Waals surface area contributed by atoms with E-state index in [2.05, 4.69) is 9.88 Å². The highest BCUT2D eigenvalue weighted by Crippen LogP contribution is 2.10. The van der Waals surface area contributed by atoms with Crippen LogP contribution >= 0.6 is 0 Å². The van der Waals surface area contributed by atoms with Crippen LogP contribution in [0.25, 0.3) is 0 Å². The van der Waals surface area contributed by atoms with Crippen molar-refractivity contribution in [3.63, 3.8) is 0 Å². The number of nitrogens with zero attached hydrogens (tertiary/aromatic N) is 2. The van der Waals surface area contributed by atoms with Crippen LogP contribution in [0.4, 0.5) is 0 Å². The molecule has 1 atom stereocenters. The van der Waals surface area contributed by atoms with Crippen molar-refractivity contribution in [2.24, 2.45) is 5.73 Å². The number of hydrogen-bond donors (Lipinski definition) is 1. The zero-order chi connectivity index (χ0) is 11.4. The van der Waals surface area contributed by atoms with Gasteiger partial charge < -0.3 is 15.1 Å². The van der Waals surface area contributed by atoms with E-state index in [4.69, 9.17) is 10.2 Å². The lowest BCUT2D eigenvalue weighted by Gasteiger charge is -2.12. The van der Waals surface area contributed by atoms with Crippen molar-refractivity contribution in [3.8, 4) is 0 Å². The van der Waals surface area contributed by atoms with Gasteiger partial charge in [0.05, 0.1) is 6.20 Å². The predicted molar refractivity (Wildman–Crippen MR) is 63.2 cm³/mol. The van der Waals surface area contributed by atoms with Crippen LogP contribution < -0.4 is 5.73 Å². The molecule has 0 aliphatic carbocycles. The second kappa shape index (κ2) is 5.46. The van der Waals surface area contributed by atoms with E-state index in [1.54, 1.807) is 0 Å². The number of aromatic nitrogens is 1. The van der Waals surface area contributed by atoms with Gasteiger partial charge in [0.25, 0.3) is 0 Å². The SMILES string of the molecule is CC(N)Cc1cnc(CCN2CCCC2)o1. The maximum atomic E-state index is 5.71. The smallest absolute Gasteiger partial charge is 0.195 e. The number of rotatable bonds is 5. The molecule has 1 unspecified atom stereocenters. The fourth-order valence-electron chi connectivity index (χ4n) is 2.14. The van der Waals surface area contributed by atoms with Gasteiger partial charge in [-0.15, -0.1) is 0 Å². The van der Waals surface area contributed by atoms with Gasteiger partial charge >= 0.3 is 0 Å². The first-order valence-electron chi connectivity index (χ1n) is 6.15. The van der Waals surface area contributed by atoms with Gasteiger partial charge in [0, 0.05) is 25.4 Å². The molecule has 1 aromatic rings. The molecule has 0 saturated carbocycles. The average Bonchev–Trinajstić information content (AvgIpc) is 2.84. The molecule has 2 heterocycles. The molecule has 2 N–H and O–H groups in total. The molecule has 4 nitrogen and oxygen atoms in total. The van der Waals surface area contributed by atoms with Crippen molar-refractivity contribution in [2.75, 3.05) is 19.6 Å². The Morgan fingerprint density at radius 1 is 1.50 bits per heavy atom. The van der Waals surface area contributed by atoms with E-state index in [9.17, 15) is 0 Å². The highest BCUT2D eigenvalue weighted by Gasteiger charge is 2.12. The van der Waals surface area contributed by atoms with Gasteiger partial charge in [-0.3, -0.25) is 0 Å². The molecule has 0 spiro atoms. The second-order valence-electron chi connectivity index (χ2n) is 4.70. The zero-order valence-electron chi connectivity index (χ0n) is 9.98. The number of oxazole rings is 1. The van der Waals surface area contributed by atoms with Crippen molar-refractivity contribution >= 4 is 0 Å². The van der Waals surface area contributed by atoms with Gasteiger partial charge in [-0.05, 0) is 32.9 Å². The Kier molecular flexibility index (Phi) is 3.96. The van der Waals surface area contributed by atoms with Crippen molar-refractivity contribution in [3.05, 3.63) is 17.8 Å². The van der Waals surface area contributed by atoms with Crippen LogP contribution in [0.1, 0.15) is 31.4 Å². The third-order valence-electron chi connectivity index (χ3n) is 2.97. The first kappa shape index (κ1) is 11.6. The molecule has 1 aromatic heterocycles. The molecule has 0 aromatic carbocycles. The lowest BCUT2D eigenvalue weighted by molar-refractivity contribution is 0.325. The molecular formula is C12H21N3O. The Hall–Kier alpha value is -0.870. The Morgan fingerprint density at radius 3 is 2.94 bits per heavy atom. The number of likely N-dealkylation sites (tertiary alicyclic amines) is 1. The van der Waals surface area contributed by atoms with Crippen molar-refractivity contribution in [2.45, 2.75) is 38.6 Å². The van der Waals surface area contributed by atoms with Crippen LogP contribution in [-0.4, -0.2) is 35.6 Å². The first-order valence-corrected chi connectivity index (χ1v) is 6.15. The quantitative estimate of drug-likeness (QED) is 0.815. The summed E-state index contributed by atoms with van der Waals surface area (Å²) in [7, 11) is 0. The number of nitrogens with two attached hydrogens (primary N) is 1. The molecule has 1 saturated heterocycles. The summed E-state index contributed by atoms with van der Waals surface area (Å²) in [5.41, 5.74) is 5.71. The summed E-state index contributed by atoms with van der Waals surface area (Å²) in [6.07, 6.45) is 6.17. The summed E-state index contributed by atoms with van der Waals surface area (Å²) in [5.74, 6) is 1.76. The van der Waals surface area contributed by atoms with E-state index in [-0.39, 0.29) is 6.04 Å². The van der Waals surface area contributed by atoms with Crippen molar-refractivity contribution in [1.82, 2.24) is 9.88 Å². The fourth-order valence-corrected chi connectivity index (χ4v) is 2.14. The van der Waals surface area contributed by atoms with Gasteiger partial charge in [0.15, 0.2) is 5.89 Å². The molecule has 0 radical (unpaired) electrons. The summed E-state index contributed by atoms with van der Waals surface area (Å²) in [6, 6.07) is 0.138. The average molecular weight is 223 g/mol. The molecule has 0 amide bonds. The monoisotopic (exact) mass is 223 g/mol. The van der Waals surface area contributed by atoms with Crippen LogP contribution in [0.15, 0.2) is 10.6 Å². The van der Waals surface area contributed by atoms with E-state index in [1.807, 2.05) is 13.1 Å². The predicted octanol–water partition coefficient (Wildman–Crippen LogP) is 1.20. The van der Waals surface area contributed by atoms with E-state index in [0.717, 1.165) is 31.0 Å². The minimum atomic E-state index is 0.138. The summed E-state index contributed by atoms with van der Waals surface area (Å²) in [4.78, 5) is 6.75. The van der Waals surface area contributed by atoms with E-state index in [1.165, 1.54) is 25.9 Å². The summed E-state index contributed by atoms with van der Waals surface area (Å²) >= 11 is 0. The second-order valence-corrected chi connectivity index (χ2v) is 4.70. The van der Waals surface area contributed by atoms with Crippen LogP contribution in [-0.2, 0) is 12.8 Å². The van der Waals surface area contributed by atoms with E-state index in [0.29, 0.717) is 0 Å². The highest BCUT2D eigenvalue weighted by atomic mass is 16.4. The van der Waals surface area contributed by atoms with E-state index >= 15 is 0 Å². The molecule has 0 bridgehead atoms. The fraction of sp³-hybridized carbons (Fsp3) is 0.750. The topological polar surface area (TPSA) is 55.3 Å². The molecule has 90 valence electrons. The molecule has 1 aliphatic rings. The van der Waals surface area contributed by atoms with Gasteiger partial charge in [-0.1, -0.05) is 0 Å². The third kappa shape index (κ3) is 3.32. The Labute approximate surface area is 96.8 Å².